The standard InChI is InChI=1S/C15H14FNO4/c1-7-2-3-8(16)9(6-7)17-14(18)12-10-4-5-11(21-10)13(12)15(19)20/h2-6,10-13H,1H3,(H,17,18)(H,19,20)/t10-,11-,12+,13+/m1/s1. The molecule has 2 aliphatic rings. The highest BCUT2D eigenvalue weighted by molar-refractivity contribution is 5.96. The summed E-state index contributed by atoms with van der Waals surface area (Å²) in [7, 11) is 0. The molecular formula is C15H14FNO4. The zero-order valence-corrected chi connectivity index (χ0v) is 11.2. The summed E-state index contributed by atoms with van der Waals surface area (Å²) in [6.45, 7) is 1.78. The van der Waals surface area contributed by atoms with Crippen molar-refractivity contribution in [1.29, 1.82) is 0 Å². The van der Waals surface area contributed by atoms with E-state index >= 15 is 0 Å². The molecule has 2 heterocycles. The maximum Gasteiger partial charge on any atom is 0.310 e. The first-order chi connectivity index (χ1) is 9.97. The molecule has 2 aliphatic heterocycles. The fraction of sp³-hybridized carbons (Fsp3) is 0.333. The molecule has 0 saturated carbocycles. The van der Waals surface area contributed by atoms with Crippen LogP contribution in [0.25, 0.3) is 0 Å². The molecule has 4 atom stereocenters. The second-order valence-electron chi connectivity index (χ2n) is 5.31. The van der Waals surface area contributed by atoms with Gasteiger partial charge in [-0.3, -0.25) is 9.59 Å². The molecule has 5 nitrogen and oxygen atoms in total. The van der Waals surface area contributed by atoms with Gasteiger partial charge in [0.05, 0.1) is 23.8 Å². The number of fused-ring (bicyclic) bond motifs is 2. The summed E-state index contributed by atoms with van der Waals surface area (Å²) in [6, 6.07) is 4.36. The molecule has 0 spiro atoms. The van der Waals surface area contributed by atoms with Gasteiger partial charge in [-0.25, -0.2) is 4.39 Å². The number of carbonyl (C=O) groups excluding carboxylic acids is 1. The van der Waals surface area contributed by atoms with Crippen LogP contribution in [0.1, 0.15) is 5.56 Å². The Hall–Kier alpha value is -2.21. The van der Waals surface area contributed by atoms with Crippen molar-refractivity contribution in [3.63, 3.8) is 0 Å². The predicted octanol–water partition coefficient (Wildman–Crippen LogP) is 1.73. The quantitative estimate of drug-likeness (QED) is 0.832. The Kier molecular flexibility index (Phi) is 3.25. The minimum absolute atomic E-state index is 0.0518. The third-order valence-electron chi connectivity index (χ3n) is 3.87. The van der Waals surface area contributed by atoms with E-state index in [0.29, 0.717) is 0 Å². The van der Waals surface area contributed by atoms with E-state index in [2.05, 4.69) is 5.32 Å². The molecule has 21 heavy (non-hydrogen) atoms. The summed E-state index contributed by atoms with van der Waals surface area (Å²) >= 11 is 0. The lowest BCUT2D eigenvalue weighted by atomic mass is 9.82. The van der Waals surface area contributed by atoms with Gasteiger partial charge in [0.2, 0.25) is 5.91 Å². The monoisotopic (exact) mass is 291 g/mol. The third kappa shape index (κ3) is 2.31. The molecule has 110 valence electrons. The first-order valence-corrected chi connectivity index (χ1v) is 6.61. The Balaban J connectivity index is 1.83. The van der Waals surface area contributed by atoms with Gasteiger partial charge in [-0.05, 0) is 24.6 Å². The Morgan fingerprint density at radius 1 is 1.24 bits per heavy atom. The average molecular weight is 291 g/mol. The highest BCUT2D eigenvalue weighted by atomic mass is 19.1. The van der Waals surface area contributed by atoms with Crippen LogP contribution in [0, 0.1) is 24.6 Å². The van der Waals surface area contributed by atoms with Crippen molar-refractivity contribution >= 4 is 17.6 Å². The van der Waals surface area contributed by atoms with Crippen LogP contribution in [0.4, 0.5) is 10.1 Å². The SMILES string of the molecule is Cc1ccc(F)c(NC(=O)[C@@H]2[C@@H](C(=O)O)[C@H]3C=C[C@H]2O3)c1. The van der Waals surface area contributed by atoms with Crippen molar-refractivity contribution < 1.29 is 23.8 Å². The van der Waals surface area contributed by atoms with E-state index in [1.807, 2.05) is 0 Å². The lowest BCUT2D eigenvalue weighted by molar-refractivity contribution is -0.145. The van der Waals surface area contributed by atoms with Crippen LogP contribution in [-0.2, 0) is 14.3 Å². The Morgan fingerprint density at radius 3 is 2.57 bits per heavy atom. The van der Waals surface area contributed by atoms with Crippen LogP contribution >= 0.6 is 0 Å². The van der Waals surface area contributed by atoms with Crippen LogP contribution in [0.5, 0.6) is 0 Å². The number of nitrogens with one attached hydrogen (secondary N) is 1. The maximum atomic E-state index is 13.7. The number of hydrogen-bond donors (Lipinski definition) is 2. The van der Waals surface area contributed by atoms with Crippen molar-refractivity contribution in [2.24, 2.45) is 11.8 Å². The minimum atomic E-state index is -1.09. The number of carboxylic acid groups (broad SMARTS) is 1. The first-order valence-electron chi connectivity index (χ1n) is 6.61. The second kappa shape index (κ2) is 4.96. The number of anilines is 1. The summed E-state index contributed by atoms with van der Waals surface area (Å²) in [5.41, 5.74) is 0.849. The normalized spacial score (nSPS) is 29.6. The van der Waals surface area contributed by atoms with Crippen molar-refractivity contribution in [3.05, 3.63) is 41.7 Å². The van der Waals surface area contributed by atoms with Gasteiger partial charge in [-0.15, -0.1) is 0 Å². The molecule has 1 aromatic carbocycles. The summed E-state index contributed by atoms with van der Waals surface area (Å²) in [4.78, 5) is 23.6. The molecule has 2 N–H and O–H groups in total. The summed E-state index contributed by atoms with van der Waals surface area (Å²) in [6.07, 6.45) is 2.18. The second-order valence-corrected chi connectivity index (χ2v) is 5.31. The van der Waals surface area contributed by atoms with Crippen LogP contribution in [0.15, 0.2) is 30.4 Å². The number of amides is 1. The van der Waals surface area contributed by atoms with E-state index in [-0.39, 0.29) is 5.69 Å². The Morgan fingerprint density at radius 2 is 1.90 bits per heavy atom. The van der Waals surface area contributed by atoms with Gasteiger partial charge in [0.15, 0.2) is 0 Å². The van der Waals surface area contributed by atoms with E-state index in [4.69, 9.17) is 4.74 Å². The average Bonchev–Trinajstić information content (AvgIpc) is 3.03. The van der Waals surface area contributed by atoms with Crippen molar-refractivity contribution in [3.8, 4) is 0 Å². The van der Waals surface area contributed by atoms with Gasteiger partial charge < -0.3 is 15.2 Å². The number of ether oxygens (including phenoxy) is 1. The summed E-state index contributed by atoms with van der Waals surface area (Å²) in [5, 5.41) is 11.7. The summed E-state index contributed by atoms with van der Waals surface area (Å²) in [5.74, 6) is -3.97. The van der Waals surface area contributed by atoms with Crippen molar-refractivity contribution in [2.75, 3.05) is 5.32 Å². The van der Waals surface area contributed by atoms with E-state index < -0.39 is 41.7 Å². The van der Waals surface area contributed by atoms with Crippen LogP contribution in [0.2, 0.25) is 0 Å². The highest BCUT2D eigenvalue weighted by Crippen LogP contribution is 2.40. The number of carbonyl (C=O) groups is 2. The van der Waals surface area contributed by atoms with Gasteiger partial charge in [0, 0.05) is 0 Å². The molecule has 1 fully saturated rings. The van der Waals surface area contributed by atoms with E-state index in [1.165, 1.54) is 12.1 Å². The lowest BCUT2D eigenvalue weighted by Gasteiger charge is -2.21. The molecule has 0 aliphatic carbocycles. The predicted molar refractivity (Wildman–Crippen MR) is 72.2 cm³/mol. The zero-order valence-electron chi connectivity index (χ0n) is 11.2. The smallest absolute Gasteiger partial charge is 0.310 e. The van der Waals surface area contributed by atoms with Crippen LogP contribution in [-0.4, -0.2) is 29.2 Å². The molecule has 3 rings (SSSR count). The van der Waals surface area contributed by atoms with Crippen LogP contribution < -0.4 is 5.32 Å². The lowest BCUT2D eigenvalue weighted by Crippen LogP contribution is -2.39. The van der Waals surface area contributed by atoms with Gasteiger partial charge in [-0.1, -0.05) is 18.2 Å². The number of carboxylic acids is 1. The van der Waals surface area contributed by atoms with Crippen molar-refractivity contribution in [2.45, 2.75) is 19.1 Å². The maximum absolute atomic E-state index is 13.7. The molecule has 1 aromatic rings. The molecular weight excluding hydrogens is 277 g/mol. The highest BCUT2D eigenvalue weighted by Gasteiger charge is 2.53. The summed E-state index contributed by atoms with van der Waals surface area (Å²) < 4.78 is 19.1. The van der Waals surface area contributed by atoms with Gasteiger partial charge >= 0.3 is 5.97 Å². The first kappa shape index (κ1) is 13.8. The Labute approximate surface area is 120 Å². The molecule has 2 bridgehead atoms. The van der Waals surface area contributed by atoms with E-state index in [1.54, 1.807) is 25.1 Å². The van der Waals surface area contributed by atoms with Gasteiger partial charge in [0.25, 0.3) is 0 Å². The molecule has 0 unspecified atom stereocenters. The van der Waals surface area contributed by atoms with Crippen molar-refractivity contribution in [1.82, 2.24) is 0 Å². The number of hydrogen-bond acceptors (Lipinski definition) is 3. The number of halogens is 1. The number of aliphatic carboxylic acids is 1. The largest absolute Gasteiger partial charge is 0.481 e. The Bertz CT molecular complexity index is 643. The number of rotatable bonds is 3. The fourth-order valence-electron chi connectivity index (χ4n) is 2.87. The molecule has 6 heteroatoms. The van der Waals surface area contributed by atoms with Gasteiger partial charge in [0.1, 0.15) is 11.7 Å². The number of benzene rings is 1. The third-order valence-corrected chi connectivity index (χ3v) is 3.87. The minimum Gasteiger partial charge on any atom is -0.481 e. The topological polar surface area (TPSA) is 75.6 Å². The molecule has 1 amide bonds. The molecule has 0 radical (unpaired) electrons. The van der Waals surface area contributed by atoms with E-state index in [9.17, 15) is 19.1 Å². The van der Waals surface area contributed by atoms with Crippen LogP contribution in [0.3, 0.4) is 0 Å². The van der Waals surface area contributed by atoms with E-state index in [0.717, 1.165) is 5.56 Å². The van der Waals surface area contributed by atoms with Gasteiger partial charge in [-0.2, -0.15) is 0 Å². The number of aryl methyl sites for hydroxylation is 1. The molecule has 0 aromatic heterocycles. The molecule has 1 saturated heterocycles. The fourth-order valence-corrected chi connectivity index (χ4v) is 2.87. The zero-order chi connectivity index (χ0) is 15.1.